The highest BCUT2D eigenvalue weighted by Gasteiger charge is 2.42. The van der Waals surface area contributed by atoms with E-state index in [0.717, 1.165) is 12.1 Å². The number of alkyl halides is 3. The number of rotatable bonds is 8. The minimum Gasteiger partial charge on any atom is -0.497 e. The van der Waals surface area contributed by atoms with Gasteiger partial charge in [-0.25, -0.2) is 0 Å². The summed E-state index contributed by atoms with van der Waals surface area (Å²) in [7, 11) is 5.88. The molecule has 1 fully saturated rings. The number of hydrogen-bond donors (Lipinski definition) is 1. The Labute approximate surface area is 229 Å². The average molecular weight is 559 g/mol. The zero-order valence-corrected chi connectivity index (χ0v) is 22.4. The molecule has 1 aliphatic rings. The Morgan fingerprint density at radius 2 is 1.55 bits per heavy atom. The van der Waals surface area contributed by atoms with E-state index in [1.165, 1.54) is 45.5 Å². The van der Waals surface area contributed by atoms with Crippen molar-refractivity contribution in [1.29, 1.82) is 0 Å². The van der Waals surface area contributed by atoms with Crippen LogP contribution >= 0.6 is 0 Å². The van der Waals surface area contributed by atoms with Crippen LogP contribution in [0.2, 0.25) is 0 Å². The summed E-state index contributed by atoms with van der Waals surface area (Å²) >= 11 is 0. The van der Waals surface area contributed by atoms with E-state index < -0.39 is 29.6 Å². The zero-order chi connectivity index (χ0) is 29.0. The van der Waals surface area contributed by atoms with Crippen molar-refractivity contribution in [1.82, 2.24) is 0 Å². The fourth-order valence-electron chi connectivity index (χ4n) is 4.87. The van der Waals surface area contributed by atoms with E-state index in [4.69, 9.17) is 18.9 Å². The highest BCUT2D eigenvalue weighted by molar-refractivity contribution is 6.00. The number of benzene rings is 3. The molecule has 2 atom stereocenters. The van der Waals surface area contributed by atoms with Gasteiger partial charge in [0.15, 0.2) is 11.5 Å². The highest BCUT2D eigenvalue weighted by Crippen LogP contribution is 2.46. The summed E-state index contributed by atoms with van der Waals surface area (Å²) in [5, 5.41) is 2.63. The standard InChI is InChI=1S/C29H29F3N2O6/c1-37-21-10-8-17(9-11-21)26-22(28(36)33-19-7-5-6-18(14-19)29(30,31)32)12-13-25(35)34(26)20-15-23(38-2)27(40-4)24(16-20)39-3/h5-11,14-16,22,26H,12-13H2,1-4H3,(H,33,36)/t22-,26+/m1/s1. The van der Waals surface area contributed by atoms with Gasteiger partial charge in [0.25, 0.3) is 0 Å². The lowest BCUT2D eigenvalue weighted by molar-refractivity contribution is -0.137. The van der Waals surface area contributed by atoms with Crippen LogP contribution in [0.25, 0.3) is 0 Å². The summed E-state index contributed by atoms with van der Waals surface area (Å²) in [4.78, 5) is 28.6. The second-order valence-electron chi connectivity index (χ2n) is 9.08. The smallest absolute Gasteiger partial charge is 0.416 e. The van der Waals surface area contributed by atoms with Crippen molar-refractivity contribution in [3.63, 3.8) is 0 Å². The first-order valence-corrected chi connectivity index (χ1v) is 12.4. The van der Waals surface area contributed by atoms with Crippen molar-refractivity contribution < 1.29 is 41.7 Å². The molecule has 4 rings (SSSR count). The first-order chi connectivity index (χ1) is 19.1. The second kappa shape index (κ2) is 11.8. The van der Waals surface area contributed by atoms with Crippen LogP contribution in [0, 0.1) is 5.92 Å². The van der Waals surface area contributed by atoms with E-state index in [9.17, 15) is 22.8 Å². The molecule has 1 aliphatic heterocycles. The van der Waals surface area contributed by atoms with E-state index >= 15 is 0 Å². The van der Waals surface area contributed by atoms with E-state index in [-0.39, 0.29) is 24.4 Å². The number of ether oxygens (including phenoxy) is 4. The maximum absolute atomic E-state index is 13.6. The average Bonchev–Trinajstić information content (AvgIpc) is 2.95. The molecule has 40 heavy (non-hydrogen) atoms. The van der Waals surface area contributed by atoms with Gasteiger partial charge in [-0.05, 0) is 42.3 Å². The first-order valence-electron chi connectivity index (χ1n) is 12.4. The topological polar surface area (TPSA) is 86.3 Å². The lowest BCUT2D eigenvalue weighted by Gasteiger charge is -2.41. The van der Waals surface area contributed by atoms with Crippen LogP contribution in [0.4, 0.5) is 24.5 Å². The lowest BCUT2D eigenvalue weighted by Crippen LogP contribution is -2.47. The first kappa shape index (κ1) is 28.6. The van der Waals surface area contributed by atoms with Gasteiger partial charge in [0.1, 0.15) is 5.75 Å². The quantitative estimate of drug-likeness (QED) is 0.373. The molecule has 0 bridgehead atoms. The molecule has 1 saturated heterocycles. The van der Waals surface area contributed by atoms with Gasteiger partial charge in [0.05, 0.1) is 51.6 Å². The molecule has 3 aromatic carbocycles. The third kappa shape index (κ3) is 5.78. The fourth-order valence-corrected chi connectivity index (χ4v) is 4.87. The molecule has 11 heteroatoms. The van der Waals surface area contributed by atoms with Gasteiger partial charge >= 0.3 is 6.18 Å². The number of hydrogen-bond acceptors (Lipinski definition) is 6. The number of methoxy groups -OCH3 is 4. The Morgan fingerprint density at radius 1 is 0.900 bits per heavy atom. The van der Waals surface area contributed by atoms with Gasteiger partial charge in [0, 0.05) is 24.2 Å². The van der Waals surface area contributed by atoms with E-state index in [1.54, 1.807) is 36.4 Å². The molecular weight excluding hydrogens is 529 g/mol. The normalized spacial score (nSPS) is 17.3. The highest BCUT2D eigenvalue weighted by atomic mass is 19.4. The van der Waals surface area contributed by atoms with E-state index in [1.807, 2.05) is 0 Å². The minimum absolute atomic E-state index is 0.00421. The summed E-state index contributed by atoms with van der Waals surface area (Å²) < 4.78 is 61.4. The van der Waals surface area contributed by atoms with Crippen LogP contribution < -0.4 is 29.2 Å². The van der Waals surface area contributed by atoms with Crippen LogP contribution in [-0.2, 0) is 15.8 Å². The molecule has 2 amide bonds. The summed E-state index contributed by atoms with van der Waals surface area (Å²) in [5.41, 5.74) is 0.156. The number of carbonyl (C=O) groups is 2. The Hall–Kier alpha value is -4.41. The predicted octanol–water partition coefficient (Wildman–Crippen LogP) is 5.86. The maximum Gasteiger partial charge on any atom is 0.416 e. The molecule has 1 heterocycles. The number of piperidine rings is 1. The summed E-state index contributed by atoms with van der Waals surface area (Å²) in [6.07, 6.45) is -4.35. The fraction of sp³-hybridized carbons (Fsp3) is 0.310. The number of nitrogens with one attached hydrogen (secondary N) is 1. The maximum atomic E-state index is 13.6. The zero-order valence-electron chi connectivity index (χ0n) is 22.4. The largest absolute Gasteiger partial charge is 0.497 e. The molecule has 0 aliphatic carbocycles. The number of anilines is 2. The van der Waals surface area contributed by atoms with Gasteiger partial charge in [-0.3, -0.25) is 9.59 Å². The van der Waals surface area contributed by atoms with Gasteiger partial charge in [0.2, 0.25) is 17.6 Å². The Morgan fingerprint density at radius 3 is 2.10 bits per heavy atom. The third-order valence-electron chi connectivity index (χ3n) is 6.78. The van der Waals surface area contributed by atoms with Crippen molar-refractivity contribution in [2.24, 2.45) is 5.92 Å². The van der Waals surface area contributed by atoms with Crippen LogP contribution in [-0.4, -0.2) is 40.3 Å². The number of carbonyl (C=O) groups excluding carboxylic acids is 2. The predicted molar refractivity (Wildman–Crippen MR) is 142 cm³/mol. The molecule has 0 aromatic heterocycles. The number of nitrogens with zero attached hydrogens (tertiary/aromatic N) is 1. The molecule has 1 N–H and O–H groups in total. The molecule has 212 valence electrons. The van der Waals surface area contributed by atoms with Crippen LogP contribution in [0.3, 0.4) is 0 Å². The third-order valence-corrected chi connectivity index (χ3v) is 6.78. The molecule has 8 nitrogen and oxygen atoms in total. The van der Waals surface area contributed by atoms with Crippen molar-refractivity contribution >= 4 is 23.2 Å². The number of halogens is 3. The van der Waals surface area contributed by atoms with Crippen LogP contribution in [0.5, 0.6) is 23.0 Å². The van der Waals surface area contributed by atoms with Gasteiger partial charge < -0.3 is 29.2 Å². The van der Waals surface area contributed by atoms with E-state index in [2.05, 4.69) is 5.32 Å². The summed E-state index contributed by atoms with van der Waals surface area (Å²) in [5.74, 6) is -0.0430. The molecule has 3 aromatic rings. The minimum atomic E-state index is -4.56. The van der Waals surface area contributed by atoms with Crippen molar-refractivity contribution in [3.8, 4) is 23.0 Å². The second-order valence-corrected chi connectivity index (χ2v) is 9.08. The lowest BCUT2D eigenvalue weighted by atomic mass is 9.83. The van der Waals surface area contributed by atoms with Crippen molar-refractivity contribution in [2.75, 3.05) is 38.7 Å². The Kier molecular flexibility index (Phi) is 8.41. The molecule has 0 unspecified atom stereocenters. The van der Waals surface area contributed by atoms with Crippen molar-refractivity contribution in [2.45, 2.75) is 25.1 Å². The number of amides is 2. The van der Waals surface area contributed by atoms with Gasteiger partial charge in [-0.2, -0.15) is 13.2 Å². The Bertz CT molecular complexity index is 1350. The van der Waals surface area contributed by atoms with Crippen LogP contribution in [0.15, 0.2) is 60.7 Å². The summed E-state index contributed by atoms with van der Waals surface area (Å²) in [6.45, 7) is 0. The molecule has 0 saturated carbocycles. The SMILES string of the molecule is COc1ccc([C@H]2[C@H](C(=O)Nc3cccc(C(F)(F)F)c3)CCC(=O)N2c2cc(OC)c(OC)c(OC)c2)cc1. The molecular formula is C29H29F3N2O6. The van der Waals surface area contributed by atoms with Crippen molar-refractivity contribution in [3.05, 3.63) is 71.8 Å². The van der Waals surface area contributed by atoms with Gasteiger partial charge in [-0.15, -0.1) is 0 Å². The monoisotopic (exact) mass is 558 g/mol. The molecule has 0 spiro atoms. The van der Waals surface area contributed by atoms with E-state index in [0.29, 0.717) is 34.2 Å². The summed E-state index contributed by atoms with van der Waals surface area (Å²) in [6, 6.07) is 13.8. The molecule has 0 radical (unpaired) electrons. The Balaban J connectivity index is 1.80. The van der Waals surface area contributed by atoms with Gasteiger partial charge in [-0.1, -0.05) is 18.2 Å². The van der Waals surface area contributed by atoms with Crippen LogP contribution in [0.1, 0.15) is 30.0 Å².